The highest BCUT2D eigenvalue weighted by molar-refractivity contribution is 5.69. The van der Waals surface area contributed by atoms with Crippen molar-refractivity contribution in [2.24, 2.45) is 0 Å². The topological polar surface area (TPSA) is 80.1 Å². The maximum absolute atomic E-state index is 11.0. The zero-order chi connectivity index (χ0) is 15.5. The molecule has 7 nitrogen and oxygen atoms in total. The van der Waals surface area contributed by atoms with Crippen molar-refractivity contribution >= 4 is 17.6 Å². The van der Waals surface area contributed by atoms with E-state index in [1.807, 2.05) is 12.1 Å². The predicted molar refractivity (Wildman–Crippen MR) is 83.5 cm³/mol. The lowest BCUT2D eigenvalue weighted by atomic mass is 10.1. The summed E-state index contributed by atoms with van der Waals surface area (Å²) in [6.45, 7) is 4.01. The largest absolute Gasteiger partial charge is 0.465 e. The average molecular weight is 306 g/mol. The molecule has 0 bridgehead atoms. The SMILES string of the molecule is O=C(O)N1CCN(c2cccnc2N2CCC(O)CC2)CC1. The molecule has 1 aromatic heterocycles. The number of pyridine rings is 1. The molecule has 0 aromatic carbocycles. The Bertz CT molecular complexity index is 523. The Hall–Kier alpha value is -2.02. The van der Waals surface area contributed by atoms with Gasteiger partial charge in [-0.15, -0.1) is 0 Å². The molecule has 2 aliphatic heterocycles. The summed E-state index contributed by atoms with van der Waals surface area (Å²) >= 11 is 0. The van der Waals surface area contributed by atoms with Gasteiger partial charge in [0.1, 0.15) is 0 Å². The molecule has 2 saturated heterocycles. The fourth-order valence-corrected chi connectivity index (χ4v) is 3.10. The van der Waals surface area contributed by atoms with Crippen molar-refractivity contribution in [2.75, 3.05) is 49.1 Å². The van der Waals surface area contributed by atoms with E-state index < -0.39 is 6.09 Å². The van der Waals surface area contributed by atoms with Crippen molar-refractivity contribution in [3.8, 4) is 0 Å². The van der Waals surface area contributed by atoms with E-state index in [1.54, 1.807) is 6.20 Å². The Morgan fingerprint density at radius 1 is 1.09 bits per heavy atom. The molecule has 1 aromatic rings. The van der Waals surface area contributed by atoms with Gasteiger partial charge in [0.05, 0.1) is 11.8 Å². The molecular weight excluding hydrogens is 284 g/mol. The Balaban J connectivity index is 1.73. The van der Waals surface area contributed by atoms with Crippen LogP contribution in [0.1, 0.15) is 12.8 Å². The van der Waals surface area contributed by atoms with Crippen molar-refractivity contribution in [3.05, 3.63) is 18.3 Å². The van der Waals surface area contributed by atoms with Gasteiger partial charge in [-0.2, -0.15) is 0 Å². The lowest BCUT2D eigenvalue weighted by molar-refractivity contribution is 0.142. The number of aliphatic hydroxyl groups excluding tert-OH is 1. The van der Waals surface area contributed by atoms with E-state index >= 15 is 0 Å². The van der Waals surface area contributed by atoms with Gasteiger partial charge in [0, 0.05) is 45.5 Å². The van der Waals surface area contributed by atoms with Crippen LogP contribution in [0, 0.1) is 0 Å². The van der Waals surface area contributed by atoms with E-state index in [4.69, 9.17) is 5.11 Å². The maximum atomic E-state index is 11.0. The van der Waals surface area contributed by atoms with Crippen LogP contribution in [0.25, 0.3) is 0 Å². The van der Waals surface area contributed by atoms with Gasteiger partial charge in [-0.1, -0.05) is 0 Å². The molecule has 3 rings (SSSR count). The molecule has 0 atom stereocenters. The Kier molecular flexibility index (Phi) is 4.33. The van der Waals surface area contributed by atoms with Crippen LogP contribution in [0.3, 0.4) is 0 Å². The zero-order valence-electron chi connectivity index (χ0n) is 12.6. The molecule has 22 heavy (non-hydrogen) atoms. The van der Waals surface area contributed by atoms with Gasteiger partial charge in [0.2, 0.25) is 0 Å². The molecule has 2 aliphatic rings. The third-order valence-electron chi connectivity index (χ3n) is 4.42. The maximum Gasteiger partial charge on any atom is 0.407 e. The number of nitrogens with zero attached hydrogens (tertiary/aromatic N) is 4. The van der Waals surface area contributed by atoms with Crippen LogP contribution >= 0.6 is 0 Å². The van der Waals surface area contributed by atoms with Crippen LogP contribution < -0.4 is 9.80 Å². The molecule has 2 N–H and O–H groups in total. The number of aromatic nitrogens is 1. The highest BCUT2D eigenvalue weighted by Crippen LogP contribution is 2.29. The fourth-order valence-electron chi connectivity index (χ4n) is 3.10. The molecule has 3 heterocycles. The van der Waals surface area contributed by atoms with Gasteiger partial charge in [-0.3, -0.25) is 0 Å². The van der Waals surface area contributed by atoms with Crippen LogP contribution in [0.5, 0.6) is 0 Å². The van der Waals surface area contributed by atoms with E-state index in [9.17, 15) is 9.90 Å². The Labute approximate surface area is 129 Å². The molecule has 2 fully saturated rings. The molecule has 0 spiro atoms. The van der Waals surface area contributed by atoms with E-state index in [0.29, 0.717) is 26.2 Å². The summed E-state index contributed by atoms with van der Waals surface area (Å²) in [5.41, 5.74) is 1.06. The first kappa shape index (κ1) is 14.9. The monoisotopic (exact) mass is 306 g/mol. The minimum Gasteiger partial charge on any atom is -0.465 e. The predicted octanol–water partition coefficient (Wildman–Crippen LogP) is 0.843. The Morgan fingerprint density at radius 2 is 1.77 bits per heavy atom. The Morgan fingerprint density at radius 3 is 2.41 bits per heavy atom. The summed E-state index contributed by atoms with van der Waals surface area (Å²) in [4.78, 5) is 21.4. The molecule has 1 amide bonds. The van der Waals surface area contributed by atoms with Crippen molar-refractivity contribution < 1.29 is 15.0 Å². The number of amides is 1. The third kappa shape index (κ3) is 3.09. The second kappa shape index (κ2) is 6.39. The fraction of sp³-hybridized carbons (Fsp3) is 0.600. The highest BCUT2D eigenvalue weighted by Gasteiger charge is 2.25. The van der Waals surface area contributed by atoms with E-state index in [0.717, 1.165) is 37.4 Å². The normalized spacial score (nSPS) is 20.3. The van der Waals surface area contributed by atoms with Gasteiger partial charge >= 0.3 is 6.09 Å². The molecule has 0 aliphatic carbocycles. The lowest BCUT2D eigenvalue weighted by Crippen LogP contribution is -2.49. The second-order valence-electron chi connectivity index (χ2n) is 5.82. The second-order valence-corrected chi connectivity index (χ2v) is 5.82. The van der Waals surface area contributed by atoms with E-state index in [1.165, 1.54) is 4.90 Å². The molecule has 0 unspecified atom stereocenters. The van der Waals surface area contributed by atoms with Gasteiger partial charge in [0.15, 0.2) is 5.82 Å². The average Bonchev–Trinajstić information content (AvgIpc) is 2.56. The van der Waals surface area contributed by atoms with Gasteiger partial charge in [0.25, 0.3) is 0 Å². The smallest absolute Gasteiger partial charge is 0.407 e. The quantitative estimate of drug-likeness (QED) is 0.843. The minimum absolute atomic E-state index is 0.206. The number of carboxylic acid groups (broad SMARTS) is 1. The first-order chi connectivity index (χ1) is 10.6. The number of anilines is 2. The van der Waals surface area contributed by atoms with Crippen LogP contribution in [0.2, 0.25) is 0 Å². The lowest BCUT2D eigenvalue weighted by Gasteiger charge is -2.38. The van der Waals surface area contributed by atoms with Gasteiger partial charge in [-0.25, -0.2) is 9.78 Å². The minimum atomic E-state index is -0.851. The number of carbonyl (C=O) groups is 1. The molecule has 7 heteroatoms. The highest BCUT2D eigenvalue weighted by atomic mass is 16.4. The third-order valence-corrected chi connectivity index (χ3v) is 4.42. The number of piperazine rings is 1. The first-order valence-corrected chi connectivity index (χ1v) is 7.76. The van der Waals surface area contributed by atoms with Gasteiger partial charge < -0.3 is 24.9 Å². The van der Waals surface area contributed by atoms with Crippen molar-refractivity contribution in [1.29, 1.82) is 0 Å². The van der Waals surface area contributed by atoms with E-state index in [-0.39, 0.29) is 6.10 Å². The summed E-state index contributed by atoms with van der Waals surface area (Å²) in [5, 5.41) is 18.7. The van der Waals surface area contributed by atoms with Crippen LogP contribution in [0.4, 0.5) is 16.3 Å². The summed E-state index contributed by atoms with van der Waals surface area (Å²) in [6, 6.07) is 3.96. The molecule has 0 saturated carbocycles. The van der Waals surface area contributed by atoms with E-state index in [2.05, 4.69) is 14.8 Å². The number of rotatable bonds is 2. The standard InChI is InChI=1S/C15H22N4O3/c20-12-3-6-18(7-4-12)14-13(2-1-5-16-14)17-8-10-19(11-9-17)15(21)22/h1-2,5,12,20H,3-4,6-11H2,(H,21,22). The number of aliphatic hydroxyl groups is 1. The zero-order valence-corrected chi connectivity index (χ0v) is 12.6. The van der Waals surface area contributed by atoms with Gasteiger partial charge in [-0.05, 0) is 25.0 Å². The number of piperidine rings is 1. The van der Waals surface area contributed by atoms with Crippen LogP contribution in [-0.4, -0.2) is 71.6 Å². The van der Waals surface area contributed by atoms with Crippen molar-refractivity contribution in [2.45, 2.75) is 18.9 Å². The summed E-state index contributed by atoms with van der Waals surface area (Å²) in [7, 11) is 0. The molecular formula is C15H22N4O3. The van der Waals surface area contributed by atoms with Crippen LogP contribution in [-0.2, 0) is 0 Å². The summed E-state index contributed by atoms with van der Waals surface area (Å²) in [5.74, 6) is 0.943. The van der Waals surface area contributed by atoms with Crippen LogP contribution in [0.15, 0.2) is 18.3 Å². The number of hydrogen-bond acceptors (Lipinski definition) is 5. The summed E-state index contributed by atoms with van der Waals surface area (Å²) in [6.07, 6.45) is 2.27. The van der Waals surface area contributed by atoms with Crippen molar-refractivity contribution in [3.63, 3.8) is 0 Å². The molecule has 0 radical (unpaired) electrons. The summed E-state index contributed by atoms with van der Waals surface area (Å²) < 4.78 is 0. The van der Waals surface area contributed by atoms with Crippen molar-refractivity contribution in [1.82, 2.24) is 9.88 Å². The number of hydrogen-bond donors (Lipinski definition) is 2. The first-order valence-electron chi connectivity index (χ1n) is 7.76. The molecule has 120 valence electrons.